The second kappa shape index (κ2) is 8.17. The molecule has 0 aliphatic rings. The molecule has 1 aromatic rings. The minimum atomic E-state index is -1.08. The molecular weight excluding hydrogens is 284 g/mol. The maximum absolute atomic E-state index is 12.1. The van der Waals surface area contributed by atoms with Crippen LogP contribution in [0.25, 0.3) is 0 Å². The van der Waals surface area contributed by atoms with E-state index < -0.39 is 17.9 Å². The van der Waals surface area contributed by atoms with Gasteiger partial charge in [-0.15, -0.1) is 0 Å². The fourth-order valence-electron chi connectivity index (χ4n) is 1.88. The molecule has 120 valence electrons. The van der Waals surface area contributed by atoms with Gasteiger partial charge in [0.05, 0.1) is 0 Å². The standard InChI is InChI=1S/C16H22N2O4/c1-4-8-17-14(19)11-6-5-7-12(9-11)15(20)18-13(10(2)3)16(21)22/h5-7,9-10,13H,4,8H2,1-3H3,(H,17,19)(H,18,20)(H,21,22). The molecule has 3 N–H and O–H groups in total. The van der Waals surface area contributed by atoms with E-state index in [1.54, 1.807) is 32.0 Å². The van der Waals surface area contributed by atoms with Crippen molar-refractivity contribution in [3.63, 3.8) is 0 Å². The second-order valence-electron chi connectivity index (χ2n) is 5.37. The van der Waals surface area contributed by atoms with Crippen molar-refractivity contribution in [2.75, 3.05) is 6.54 Å². The van der Waals surface area contributed by atoms with Crippen molar-refractivity contribution in [1.29, 1.82) is 0 Å². The van der Waals surface area contributed by atoms with Gasteiger partial charge < -0.3 is 15.7 Å². The van der Waals surface area contributed by atoms with Crippen molar-refractivity contribution < 1.29 is 19.5 Å². The average Bonchev–Trinajstić information content (AvgIpc) is 2.49. The molecule has 2 amide bonds. The second-order valence-corrected chi connectivity index (χ2v) is 5.37. The number of nitrogens with one attached hydrogen (secondary N) is 2. The van der Waals surface area contributed by atoms with E-state index in [4.69, 9.17) is 5.11 Å². The Morgan fingerprint density at radius 3 is 2.23 bits per heavy atom. The van der Waals surface area contributed by atoms with Crippen molar-refractivity contribution in [2.45, 2.75) is 33.2 Å². The molecule has 0 bridgehead atoms. The van der Waals surface area contributed by atoms with Crippen LogP contribution in [0.15, 0.2) is 24.3 Å². The Kier molecular flexibility index (Phi) is 6.56. The number of carboxylic acid groups (broad SMARTS) is 1. The van der Waals surface area contributed by atoms with E-state index in [1.165, 1.54) is 6.07 Å². The van der Waals surface area contributed by atoms with Crippen LogP contribution in [0.2, 0.25) is 0 Å². The summed E-state index contributed by atoms with van der Waals surface area (Å²) >= 11 is 0. The zero-order valence-corrected chi connectivity index (χ0v) is 13.1. The van der Waals surface area contributed by atoms with Crippen LogP contribution in [0.4, 0.5) is 0 Å². The van der Waals surface area contributed by atoms with Crippen molar-refractivity contribution in [3.05, 3.63) is 35.4 Å². The quantitative estimate of drug-likeness (QED) is 0.714. The topological polar surface area (TPSA) is 95.5 Å². The predicted molar refractivity (Wildman–Crippen MR) is 82.8 cm³/mol. The number of benzene rings is 1. The molecule has 0 heterocycles. The van der Waals surface area contributed by atoms with Gasteiger partial charge in [0.2, 0.25) is 0 Å². The molecule has 6 nitrogen and oxygen atoms in total. The van der Waals surface area contributed by atoms with E-state index in [2.05, 4.69) is 10.6 Å². The Bertz CT molecular complexity index is 555. The fourth-order valence-corrected chi connectivity index (χ4v) is 1.88. The van der Waals surface area contributed by atoms with Crippen LogP contribution < -0.4 is 10.6 Å². The summed E-state index contributed by atoms with van der Waals surface area (Å²) < 4.78 is 0. The molecule has 0 radical (unpaired) electrons. The van der Waals surface area contributed by atoms with Gasteiger partial charge in [-0.3, -0.25) is 9.59 Å². The van der Waals surface area contributed by atoms with Crippen molar-refractivity contribution in [2.24, 2.45) is 5.92 Å². The van der Waals surface area contributed by atoms with E-state index in [1.807, 2.05) is 6.92 Å². The van der Waals surface area contributed by atoms with Crippen molar-refractivity contribution in [1.82, 2.24) is 10.6 Å². The molecule has 0 aromatic heterocycles. The highest BCUT2D eigenvalue weighted by molar-refractivity contribution is 6.00. The molecule has 6 heteroatoms. The average molecular weight is 306 g/mol. The number of carboxylic acids is 1. The summed E-state index contributed by atoms with van der Waals surface area (Å²) in [6.07, 6.45) is 0.820. The predicted octanol–water partition coefficient (Wildman–Crippen LogP) is 1.67. The lowest BCUT2D eigenvalue weighted by molar-refractivity contribution is -0.140. The zero-order valence-electron chi connectivity index (χ0n) is 13.1. The maximum Gasteiger partial charge on any atom is 0.326 e. The molecule has 0 fully saturated rings. The molecule has 1 unspecified atom stereocenters. The van der Waals surface area contributed by atoms with Gasteiger partial charge in [-0.2, -0.15) is 0 Å². The summed E-state index contributed by atoms with van der Waals surface area (Å²) in [7, 11) is 0. The smallest absolute Gasteiger partial charge is 0.326 e. The molecule has 1 rings (SSSR count). The van der Waals surface area contributed by atoms with Crippen LogP contribution in [-0.4, -0.2) is 35.5 Å². The molecule has 0 saturated carbocycles. The zero-order chi connectivity index (χ0) is 16.7. The van der Waals surface area contributed by atoms with Gasteiger partial charge in [0.25, 0.3) is 11.8 Å². The van der Waals surface area contributed by atoms with E-state index in [-0.39, 0.29) is 17.4 Å². The van der Waals surface area contributed by atoms with E-state index in [0.29, 0.717) is 12.1 Å². The Labute approximate surface area is 129 Å². The lowest BCUT2D eigenvalue weighted by Gasteiger charge is -2.18. The first-order valence-corrected chi connectivity index (χ1v) is 7.28. The summed E-state index contributed by atoms with van der Waals surface area (Å²) in [4.78, 5) is 35.1. The Morgan fingerprint density at radius 2 is 1.73 bits per heavy atom. The van der Waals surface area contributed by atoms with Crippen LogP contribution in [0.1, 0.15) is 47.9 Å². The van der Waals surface area contributed by atoms with E-state index >= 15 is 0 Å². The first-order chi connectivity index (χ1) is 10.4. The van der Waals surface area contributed by atoms with Crippen LogP contribution in [-0.2, 0) is 4.79 Å². The van der Waals surface area contributed by atoms with Crippen LogP contribution in [0.5, 0.6) is 0 Å². The van der Waals surface area contributed by atoms with Gasteiger partial charge >= 0.3 is 5.97 Å². The van der Waals surface area contributed by atoms with Gasteiger partial charge in [-0.1, -0.05) is 26.8 Å². The number of hydrogen-bond acceptors (Lipinski definition) is 3. The minimum Gasteiger partial charge on any atom is -0.480 e. The van der Waals surface area contributed by atoms with Crippen LogP contribution in [0, 0.1) is 5.92 Å². The highest BCUT2D eigenvalue weighted by Crippen LogP contribution is 2.08. The summed E-state index contributed by atoms with van der Waals surface area (Å²) in [5.41, 5.74) is 0.633. The Morgan fingerprint density at radius 1 is 1.14 bits per heavy atom. The Balaban J connectivity index is 2.86. The molecular formula is C16H22N2O4. The monoisotopic (exact) mass is 306 g/mol. The highest BCUT2D eigenvalue weighted by Gasteiger charge is 2.24. The van der Waals surface area contributed by atoms with E-state index in [0.717, 1.165) is 6.42 Å². The van der Waals surface area contributed by atoms with Gasteiger partial charge in [0.1, 0.15) is 6.04 Å². The van der Waals surface area contributed by atoms with Gasteiger partial charge in [0.15, 0.2) is 0 Å². The molecule has 0 spiro atoms. The number of hydrogen-bond donors (Lipinski definition) is 3. The third-order valence-corrected chi connectivity index (χ3v) is 3.14. The molecule has 0 saturated heterocycles. The van der Waals surface area contributed by atoms with Gasteiger partial charge in [-0.05, 0) is 30.5 Å². The summed E-state index contributed by atoms with van der Waals surface area (Å²) in [5.74, 6) is -2.08. The summed E-state index contributed by atoms with van der Waals surface area (Å²) in [6, 6.07) is 5.25. The SMILES string of the molecule is CCCNC(=O)c1cccc(C(=O)NC(C(=O)O)C(C)C)c1. The van der Waals surface area contributed by atoms with Crippen molar-refractivity contribution >= 4 is 17.8 Å². The fraction of sp³-hybridized carbons (Fsp3) is 0.438. The third kappa shape index (κ3) is 4.87. The van der Waals surface area contributed by atoms with Gasteiger partial charge in [-0.25, -0.2) is 4.79 Å². The minimum absolute atomic E-state index is 0.238. The maximum atomic E-state index is 12.1. The number of aliphatic carboxylic acids is 1. The molecule has 1 atom stereocenters. The molecule has 1 aromatic carbocycles. The van der Waals surface area contributed by atoms with E-state index in [9.17, 15) is 14.4 Å². The third-order valence-electron chi connectivity index (χ3n) is 3.14. The number of carbonyl (C=O) groups is 3. The largest absolute Gasteiger partial charge is 0.480 e. The summed E-state index contributed by atoms with van der Waals surface area (Å²) in [5, 5.41) is 14.3. The van der Waals surface area contributed by atoms with Gasteiger partial charge in [0, 0.05) is 17.7 Å². The number of amides is 2. The van der Waals surface area contributed by atoms with Crippen molar-refractivity contribution in [3.8, 4) is 0 Å². The van der Waals surface area contributed by atoms with Crippen LogP contribution in [0.3, 0.4) is 0 Å². The highest BCUT2D eigenvalue weighted by atomic mass is 16.4. The number of carbonyl (C=O) groups excluding carboxylic acids is 2. The molecule has 22 heavy (non-hydrogen) atoms. The van der Waals surface area contributed by atoms with Crippen LogP contribution >= 0.6 is 0 Å². The number of rotatable bonds is 7. The lowest BCUT2D eigenvalue weighted by atomic mass is 10.0. The molecule has 0 aliphatic heterocycles. The normalized spacial score (nSPS) is 11.8. The first-order valence-electron chi connectivity index (χ1n) is 7.28. The summed E-state index contributed by atoms with van der Waals surface area (Å²) in [6.45, 7) is 5.94. The first kappa shape index (κ1) is 17.7. The molecule has 0 aliphatic carbocycles. The Hall–Kier alpha value is -2.37. The lowest BCUT2D eigenvalue weighted by Crippen LogP contribution is -2.44.